The molecule has 3 rings (SSSR count). The fraction of sp³-hybridized carbons (Fsp3) is 0.571. The van der Waals surface area contributed by atoms with E-state index in [1.165, 1.54) is 5.56 Å². The molecule has 1 aliphatic rings. The van der Waals surface area contributed by atoms with Gasteiger partial charge >= 0.3 is 0 Å². The van der Waals surface area contributed by atoms with Gasteiger partial charge in [-0.3, -0.25) is 4.79 Å². The van der Waals surface area contributed by atoms with Crippen molar-refractivity contribution in [1.82, 2.24) is 14.8 Å². The second kappa shape index (κ2) is 9.40. The Labute approximate surface area is 165 Å². The molecule has 0 saturated heterocycles. The van der Waals surface area contributed by atoms with E-state index >= 15 is 0 Å². The molecule has 1 aliphatic carbocycles. The van der Waals surface area contributed by atoms with Gasteiger partial charge in [-0.2, -0.15) is 0 Å². The van der Waals surface area contributed by atoms with Crippen molar-refractivity contribution in [2.24, 2.45) is 5.92 Å². The van der Waals surface area contributed by atoms with Crippen LogP contribution in [0.3, 0.4) is 0 Å². The van der Waals surface area contributed by atoms with Gasteiger partial charge in [-0.1, -0.05) is 51.1 Å². The number of aromatic nitrogens is 3. The van der Waals surface area contributed by atoms with E-state index in [0.717, 1.165) is 49.0 Å². The lowest BCUT2D eigenvalue weighted by atomic mass is 9.99. The van der Waals surface area contributed by atoms with Crippen LogP contribution in [-0.2, 0) is 24.4 Å². The number of thioether (sulfide) groups is 1. The Morgan fingerprint density at radius 2 is 2.00 bits per heavy atom. The van der Waals surface area contributed by atoms with Crippen molar-refractivity contribution >= 4 is 17.5 Å². The average Bonchev–Trinajstić information content (AvgIpc) is 3.03. The predicted molar refractivity (Wildman–Crippen MR) is 108 cm³/mol. The highest BCUT2D eigenvalue weighted by Gasteiger charge is 2.26. The number of nitrogens with zero attached hydrogens (tertiary/aromatic N) is 3. The molecule has 2 aromatic rings. The lowest BCUT2D eigenvalue weighted by Crippen LogP contribution is -2.22. The highest BCUT2D eigenvalue weighted by Crippen LogP contribution is 2.31. The van der Waals surface area contributed by atoms with E-state index in [-0.39, 0.29) is 5.25 Å². The molecule has 146 valence electrons. The van der Waals surface area contributed by atoms with E-state index in [0.29, 0.717) is 24.7 Å². The maximum absolute atomic E-state index is 12.2. The normalized spacial score (nSPS) is 17.5. The molecule has 0 aliphatic heterocycles. The third-order valence-corrected chi connectivity index (χ3v) is 6.08. The molecule has 1 saturated carbocycles. The van der Waals surface area contributed by atoms with Crippen molar-refractivity contribution in [1.29, 1.82) is 0 Å². The first-order chi connectivity index (χ1) is 13.1. The fourth-order valence-corrected chi connectivity index (χ4v) is 4.42. The molecular formula is C21H29N3O2S. The van der Waals surface area contributed by atoms with E-state index in [4.69, 9.17) is 4.74 Å². The Morgan fingerprint density at radius 3 is 2.67 bits per heavy atom. The minimum absolute atomic E-state index is 0.0178. The maximum atomic E-state index is 12.2. The molecule has 0 spiro atoms. The highest BCUT2D eigenvalue weighted by molar-refractivity contribution is 8.00. The third-order valence-electron chi connectivity index (χ3n) is 4.79. The number of carbonyl (C=O) groups is 1. The number of hydrogen-bond donors (Lipinski definition) is 0. The summed E-state index contributed by atoms with van der Waals surface area (Å²) in [6.45, 7) is 7.69. The standard InChI is InChI=1S/C21H29N3O2S/c1-4-16-9-11-17(12-10-16)26-14-20-22-23-21(24(20)13-15(2)3)27-19-8-6-5-7-18(19)25/h9-12,15,19H,4-8,13-14H2,1-3H3. The molecule has 6 heteroatoms. The van der Waals surface area contributed by atoms with E-state index in [1.54, 1.807) is 11.8 Å². The minimum Gasteiger partial charge on any atom is -0.486 e. The number of carbonyl (C=O) groups excluding carboxylic acids is 1. The number of benzene rings is 1. The summed E-state index contributed by atoms with van der Waals surface area (Å²) in [6, 6.07) is 8.17. The monoisotopic (exact) mass is 387 g/mol. The van der Waals surface area contributed by atoms with Gasteiger partial charge in [-0.05, 0) is 42.9 Å². The van der Waals surface area contributed by atoms with Crippen molar-refractivity contribution < 1.29 is 9.53 Å². The maximum Gasteiger partial charge on any atom is 0.192 e. The molecule has 0 radical (unpaired) electrons. The first kappa shape index (κ1) is 19.9. The second-order valence-electron chi connectivity index (χ2n) is 7.51. The fourth-order valence-electron chi connectivity index (χ4n) is 3.23. The Bertz CT molecular complexity index is 755. The summed E-state index contributed by atoms with van der Waals surface area (Å²) in [6.07, 6.45) is 4.78. The summed E-state index contributed by atoms with van der Waals surface area (Å²) in [5.74, 6) is 2.46. The lowest BCUT2D eigenvalue weighted by Gasteiger charge is -2.20. The molecule has 0 N–H and O–H groups in total. The van der Waals surface area contributed by atoms with Crippen LogP contribution in [0.2, 0.25) is 0 Å². The number of ether oxygens (including phenoxy) is 1. The van der Waals surface area contributed by atoms with Gasteiger partial charge in [0.1, 0.15) is 18.1 Å². The second-order valence-corrected chi connectivity index (χ2v) is 8.68. The smallest absolute Gasteiger partial charge is 0.192 e. The number of rotatable bonds is 8. The van der Waals surface area contributed by atoms with Crippen molar-refractivity contribution in [3.8, 4) is 5.75 Å². The van der Waals surface area contributed by atoms with Gasteiger partial charge in [0.15, 0.2) is 11.0 Å². The van der Waals surface area contributed by atoms with Crippen LogP contribution in [0.15, 0.2) is 29.4 Å². The van der Waals surface area contributed by atoms with Gasteiger partial charge in [0.2, 0.25) is 0 Å². The molecule has 1 fully saturated rings. The van der Waals surface area contributed by atoms with Gasteiger partial charge < -0.3 is 9.30 Å². The summed E-state index contributed by atoms with van der Waals surface area (Å²) in [7, 11) is 0. The Hall–Kier alpha value is -1.82. The topological polar surface area (TPSA) is 57.0 Å². The Kier molecular flexibility index (Phi) is 6.94. The molecule has 5 nitrogen and oxygen atoms in total. The molecule has 1 unspecified atom stereocenters. The van der Waals surface area contributed by atoms with Crippen LogP contribution in [0.1, 0.15) is 57.8 Å². The molecule has 0 amide bonds. The van der Waals surface area contributed by atoms with Gasteiger partial charge in [-0.25, -0.2) is 0 Å². The molecule has 1 aromatic heterocycles. The first-order valence-corrected chi connectivity index (χ1v) is 10.8. The zero-order valence-corrected chi connectivity index (χ0v) is 17.3. The third kappa shape index (κ3) is 5.34. The molecular weight excluding hydrogens is 358 g/mol. The van der Waals surface area contributed by atoms with Gasteiger partial charge in [0.05, 0.1) is 5.25 Å². The van der Waals surface area contributed by atoms with Crippen LogP contribution in [0.5, 0.6) is 5.75 Å². The van der Waals surface area contributed by atoms with Crippen molar-refractivity contribution in [2.75, 3.05) is 0 Å². The first-order valence-electron chi connectivity index (χ1n) is 9.90. The summed E-state index contributed by atoms with van der Waals surface area (Å²) in [5, 5.41) is 9.60. The van der Waals surface area contributed by atoms with E-state index in [9.17, 15) is 4.79 Å². The van der Waals surface area contributed by atoms with Gasteiger partial charge in [0.25, 0.3) is 0 Å². The van der Waals surface area contributed by atoms with Crippen molar-refractivity contribution in [3.05, 3.63) is 35.7 Å². The zero-order chi connectivity index (χ0) is 19.2. The predicted octanol–water partition coefficient (Wildman–Crippen LogP) is 4.68. The van der Waals surface area contributed by atoms with Crippen LogP contribution in [0.4, 0.5) is 0 Å². The van der Waals surface area contributed by atoms with Crippen LogP contribution in [-0.4, -0.2) is 25.8 Å². The Morgan fingerprint density at radius 1 is 1.22 bits per heavy atom. The summed E-state index contributed by atoms with van der Waals surface area (Å²) < 4.78 is 8.06. The Balaban J connectivity index is 1.71. The summed E-state index contributed by atoms with van der Waals surface area (Å²) in [4.78, 5) is 12.2. The van der Waals surface area contributed by atoms with E-state index < -0.39 is 0 Å². The summed E-state index contributed by atoms with van der Waals surface area (Å²) in [5.41, 5.74) is 1.29. The lowest BCUT2D eigenvalue weighted by molar-refractivity contribution is -0.119. The molecule has 1 aromatic carbocycles. The van der Waals surface area contributed by atoms with Crippen LogP contribution in [0, 0.1) is 5.92 Å². The van der Waals surface area contributed by atoms with E-state index in [1.807, 2.05) is 12.1 Å². The largest absolute Gasteiger partial charge is 0.486 e. The molecule has 1 heterocycles. The van der Waals surface area contributed by atoms with Crippen molar-refractivity contribution in [3.63, 3.8) is 0 Å². The SMILES string of the molecule is CCc1ccc(OCc2nnc(SC3CCCCC3=O)n2CC(C)C)cc1. The molecule has 0 bridgehead atoms. The highest BCUT2D eigenvalue weighted by atomic mass is 32.2. The van der Waals surface area contributed by atoms with Gasteiger partial charge in [0, 0.05) is 13.0 Å². The minimum atomic E-state index is 0.0178. The summed E-state index contributed by atoms with van der Waals surface area (Å²) >= 11 is 1.57. The number of hydrogen-bond acceptors (Lipinski definition) is 5. The molecule has 27 heavy (non-hydrogen) atoms. The van der Waals surface area contributed by atoms with Crippen LogP contribution < -0.4 is 4.74 Å². The van der Waals surface area contributed by atoms with Crippen LogP contribution >= 0.6 is 11.8 Å². The van der Waals surface area contributed by atoms with Gasteiger partial charge in [-0.15, -0.1) is 10.2 Å². The van der Waals surface area contributed by atoms with Crippen LogP contribution in [0.25, 0.3) is 0 Å². The number of ketones is 1. The molecule has 1 atom stereocenters. The quantitative estimate of drug-likeness (QED) is 0.658. The number of Topliss-reactive ketones (excluding diaryl/α,β-unsaturated/α-hetero) is 1. The van der Waals surface area contributed by atoms with E-state index in [2.05, 4.69) is 47.7 Å². The number of aryl methyl sites for hydroxylation is 1. The average molecular weight is 388 g/mol. The van der Waals surface area contributed by atoms with Crippen molar-refractivity contribution in [2.45, 2.75) is 76.4 Å². The zero-order valence-electron chi connectivity index (χ0n) is 16.5.